The molecule has 1 aliphatic heterocycles. The highest BCUT2D eigenvalue weighted by Crippen LogP contribution is 2.18. The van der Waals surface area contributed by atoms with E-state index in [1.807, 2.05) is 42.1 Å². The molecule has 2 rings (SSSR count). The van der Waals surface area contributed by atoms with Gasteiger partial charge in [0.1, 0.15) is 11.8 Å². The van der Waals surface area contributed by atoms with Crippen molar-refractivity contribution in [2.75, 3.05) is 18.1 Å². The first kappa shape index (κ1) is 12.3. The molecule has 1 aromatic rings. The Morgan fingerprint density at radius 3 is 2.88 bits per heavy atom. The molecular formula is C13H16N2OS. The Morgan fingerprint density at radius 2 is 2.24 bits per heavy atom. The monoisotopic (exact) mass is 248 g/mol. The van der Waals surface area contributed by atoms with Crippen LogP contribution in [-0.2, 0) is 6.54 Å². The lowest BCUT2D eigenvalue weighted by Crippen LogP contribution is -2.27. The van der Waals surface area contributed by atoms with Gasteiger partial charge in [-0.1, -0.05) is 12.1 Å². The third kappa shape index (κ3) is 3.95. The molecule has 1 atom stereocenters. The fourth-order valence-corrected chi connectivity index (χ4v) is 2.96. The van der Waals surface area contributed by atoms with Crippen molar-refractivity contribution in [1.29, 1.82) is 5.26 Å². The van der Waals surface area contributed by atoms with Crippen LogP contribution >= 0.6 is 11.8 Å². The summed E-state index contributed by atoms with van der Waals surface area (Å²) in [6.45, 7) is 1.01. The first-order valence-corrected chi connectivity index (χ1v) is 6.94. The second-order valence-corrected chi connectivity index (χ2v) is 5.18. The summed E-state index contributed by atoms with van der Waals surface area (Å²) >= 11 is 2.02. The minimum absolute atomic E-state index is 0.108. The number of thioether (sulfide) groups is 1. The van der Waals surface area contributed by atoms with Gasteiger partial charge in [0.2, 0.25) is 0 Å². The maximum absolute atomic E-state index is 8.40. The van der Waals surface area contributed by atoms with E-state index in [1.165, 1.54) is 23.5 Å². The van der Waals surface area contributed by atoms with Crippen LogP contribution in [0.2, 0.25) is 0 Å². The van der Waals surface area contributed by atoms with Crippen molar-refractivity contribution >= 4 is 11.8 Å². The summed E-state index contributed by atoms with van der Waals surface area (Å²) in [5.41, 5.74) is 1.26. The SMILES string of the molecule is N#CCOc1ccc(CNC2CCSC2)cc1. The number of benzene rings is 1. The lowest BCUT2D eigenvalue weighted by molar-refractivity contribution is 0.368. The average molecular weight is 248 g/mol. The van der Waals surface area contributed by atoms with E-state index in [2.05, 4.69) is 5.32 Å². The van der Waals surface area contributed by atoms with Crippen molar-refractivity contribution in [3.63, 3.8) is 0 Å². The van der Waals surface area contributed by atoms with Gasteiger partial charge in [-0.15, -0.1) is 0 Å². The van der Waals surface area contributed by atoms with Gasteiger partial charge in [0.05, 0.1) is 0 Å². The summed E-state index contributed by atoms with van der Waals surface area (Å²) in [5, 5.41) is 11.9. The molecule has 0 spiro atoms. The van der Waals surface area contributed by atoms with Crippen LogP contribution in [0.3, 0.4) is 0 Å². The topological polar surface area (TPSA) is 45.0 Å². The molecular weight excluding hydrogens is 232 g/mol. The van der Waals surface area contributed by atoms with Crippen molar-refractivity contribution in [2.24, 2.45) is 0 Å². The largest absolute Gasteiger partial charge is 0.479 e. The molecule has 0 aliphatic carbocycles. The van der Waals surface area contributed by atoms with E-state index in [0.29, 0.717) is 6.04 Å². The van der Waals surface area contributed by atoms with Crippen molar-refractivity contribution in [3.05, 3.63) is 29.8 Å². The van der Waals surface area contributed by atoms with E-state index in [4.69, 9.17) is 10.00 Å². The summed E-state index contributed by atoms with van der Waals surface area (Å²) in [4.78, 5) is 0. The molecule has 1 unspecified atom stereocenters. The standard InChI is InChI=1S/C13H16N2OS/c14-6-7-16-13-3-1-11(2-4-13)9-15-12-5-8-17-10-12/h1-4,12,15H,5,7-10H2. The molecule has 4 heteroatoms. The van der Waals surface area contributed by atoms with Gasteiger partial charge in [0.15, 0.2) is 6.61 Å². The first-order chi connectivity index (χ1) is 8.38. The molecule has 0 amide bonds. The third-order valence-electron chi connectivity index (χ3n) is 2.75. The van der Waals surface area contributed by atoms with Gasteiger partial charge in [-0.3, -0.25) is 0 Å². The van der Waals surface area contributed by atoms with E-state index in [9.17, 15) is 0 Å². The fraction of sp³-hybridized carbons (Fsp3) is 0.462. The zero-order chi connectivity index (χ0) is 11.9. The molecule has 1 heterocycles. The van der Waals surface area contributed by atoms with Crippen molar-refractivity contribution in [2.45, 2.75) is 19.0 Å². The van der Waals surface area contributed by atoms with Crippen LogP contribution in [0.25, 0.3) is 0 Å². The summed E-state index contributed by atoms with van der Waals surface area (Å²) in [6, 6.07) is 10.5. The Hall–Kier alpha value is -1.18. The van der Waals surface area contributed by atoms with Crippen LogP contribution in [-0.4, -0.2) is 24.2 Å². The second kappa shape index (κ2) is 6.53. The summed E-state index contributed by atoms with van der Waals surface area (Å²) in [7, 11) is 0. The smallest absolute Gasteiger partial charge is 0.174 e. The average Bonchev–Trinajstić information content (AvgIpc) is 2.88. The quantitative estimate of drug-likeness (QED) is 0.867. The normalized spacial score (nSPS) is 18.9. The van der Waals surface area contributed by atoms with Gasteiger partial charge in [-0.25, -0.2) is 0 Å². The Labute approximate surface area is 106 Å². The maximum Gasteiger partial charge on any atom is 0.174 e. The zero-order valence-electron chi connectivity index (χ0n) is 9.69. The molecule has 0 saturated carbocycles. The van der Waals surface area contributed by atoms with Gasteiger partial charge in [0, 0.05) is 18.3 Å². The predicted octanol–water partition coefficient (Wildman–Crippen LogP) is 2.18. The van der Waals surface area contributed by atoms with Gasteiger partial charge in [-0.05, 0) is 29.9 Å². The molecule has 0 aromatic heterocycles. The Balaban J connectivity index is 1.79. The fourth-order valence-electron chi connectivity index (χ4n) is 1.78. The second-order valence-electron chi connectivity index (χ2n) is 4.03. The number of rotatable bonds is 5. The molecule has 90 valence electrons. The van der Waals surface area contributed by atoms with Crippen molar-refractivity contribution in [3.8, 4) is 11.8 Å². The lowest BCUT2D eigenvalue weighted by atomic mass is 10.2. The van der Waals surface area contributed by atoms with Crippen LogP contribution in [0.4, 0.5) is 0 Å². The number of nitrogens with zero attached hydrogens (tertiary/aromatic N) is 1. The Bertz CT molecular complexity index is 379. The number of ether oxygens (including phenoxy) is 1. The van der Waals surface area contributed by atoms with Gasteiger partial charge >= 0.3 is 0 Å². The highest BCUT2D eigenvalue weighted by atomic mass is 32.2. The Morgan fingerprint density at radius 1 is 1.41 bits per heavy atom. The van der Waals surface area contributed by atoms with Crippen LogP contribution < -0.4 is 10.1 Å². The minimum Gasteiger partial charge on any atom is -0.479 e. The first-order valence-electron chi connectivity index (χ1n) is 5.78. The summed E-state index contributed by atoms with van der Waals surface area (Å²) in [6.07, 6.45) is 1.27. The van der Waals surface area contributed by atoms with Crippen LogP contribution in [0.5, 0.6) is 5.75 Å². The lowest BCUT2D eigenvalue weighted by Gasteiger charge is -2.11. The van der Waals surface area contributed by atoms with Gasteiger partial charge in [-0.2, -0.15) is 17.0 Å². The number of hydrogen-bond donors (Lipinski definition) is 1. The van der Waals surface area contributed by atoms with Crippen LogP contribution in [0, 0.1) is 11.3 Å². The molecule has 1 saturated heterocycles. The Kier molecular flexibility index (Phi) is 4.72. The van der Waals surface area contributed by atoms with Gasteiger partial charge < -0.3 is 10.1 Å². The molecule has 17 heavy (non-hydrogen) atoms. The third-order valence-corrected chi connectivity index (χ3v) is 3.91. The highest BCUT2D eigenvalue weighted by molar-refractivity contribution is 7.99. The molecule has 1 fully saturated rings. The molecule has 0 bridgehead atoms. The predicted molar refractivity (Wildman–Crippen MR) is 70.1 cm³/mol. The van der Waals surface area contributed by atoms with Crippen molar-refractivity contribution < 1.29 is 4.74 Å². The molecule has 0 radical (unpaired) electrons. The van der Waals surface area contributed by atoms with Crippen molar-refractivity contribution in [1.82, 2.24) is 5.32 Å². The zero-order valence-corrected chi connectivity index (χ0v) is 10.5. The maximum atomic E-state index is 8.40. The summed E-state index contributed by atoms with van der Waals surface area (Å²) in [5.74, 6) is 3.26. The number of hydrogen-bond acceptors (Lipinski definition) is 4. The molecule has 1 N–H and O–H groups in total. The van der Waals surface area contributed by atoms with E-state index in [-0.39, 0.29) is 6.61 Å². The molecule has 3 nitrogen and oxygen atoms in total. The van der Waals surface area contributed by atoms with E-state index in [0.717, 1.165) is 12.3 Å². The molecule has 1 aliphatic rings. The van der Waals surface area contributed by atoms with E-state index < -0.39 is 0 Å². The minimum atomic E-state index is 0.108. The number of nitrogens with one attached hydrogen (secondary N) is 1. The van der Waals surface area contributed by atoms with Gasteiger partial charge in [0.25, 0.3) is 0 Å². The number of nitriles is 1. The van der Waals surface area contributed by atoms with Crippen LogP contribution in [0.15, 0.2) is 24.3 Å². The summed E-state index contributed by atoms with van der Waals surface area (Å²) < 4.78 is 5.20. The van der Waals surface area contributed by atoms with E-state index in [1.54, 1.807) is 0 Å². The molecule has 1 aromatic carbocycles. The highest BCUT2D eigenvalue weighted by Gasteiger charge is 2.13. The van der Waals surface area contributed by atoms with E-state index >= 15 is 0 Å². The van der Waals surface area contributed by atoms with Crippen LogP contribution in [0.1, 0.15) is 12.0 Å².